The molecule has 2 amide bonds. The van der Waals surface area contributed by atoms with Gasteiger partial charge in [-0.1, -0.05) is 19.9 Å². The van der Waals surface area contributed by atoms with Crippen LogP contribution < -0.4 is 0 Å². The summed E-state index contributed by atoms with van der Waals surface area (Å²) in [6.45, 7) is 4.25. The number of carboxylic acids is 1. The van der Waals surface area contributed by atoms with Crippen LogP contribution in [0.2, 0.25) is 0 Å². The van der Waals surface area contributed by atoms with Crippen molar-refractivity contribution in [1.29, 1.82) is 0 Å². The first-order chi connectivity index (χ1) is 12.2. The molecule has 2 N–H and O–H groups in total. The predicted molar refractivity (Wildman–Crippen MR) is 93.3 cm³/mol. The van der Waals surface area contributed by atoms with Crippen molar-refractivity contribution in [1.82, 2.24) is 4.90 Å². The quantitative estimate of drug-likeness (QED) is 0.746. The summed E-state index contributed by atoms with van der Waals surface area (Å²) in [6.07, 6.45) is 7.22. The predicted octanol–water partition coefficient (Wildman–Crippen LogP) is 3.37. The minimum absolute atomic E-state index is 0.156. The molecule has 1 heterocycles. The Morgan fingerprint density at radius 2 is 1.81 bits per heavy atom. The maximum Gasteiger partial charge on any atom is 0.414 e. The second-order valence-electron chi connectivity index (χ2n) is 9.17. The average molecular weight is 361 g/mol. The third-order valence-corrected chi connectivity index (χ3v) is 8.37. The van der Waals surface area contributed by atoms with Crippen LogP contribution in [-0.2, 0) is 9.59 Å². The fraction of sp³-hybridized carbons (Fsp3) is 0.750. The maximum atomic E-state index is 12.1. The summed E-state index contributed by atoms with van der Waals surface area (Å²) in [6, 6.07) is -0.306. The minimum atomic E-state index is -1.17. The fourth-order valence-corrected chi connectivity index (χ4v) is 7.13. The molecule has 0 spiro atoms. The first-order valence-corrected chi connectivity index (χ1v) is 9.68. The van der Waals surface area contributed by atoms with Crippen LogP contribution in [0.1, 0.15) is 52.4 Å². The number of aliphatic carboxylic acids is 1. The Hall–Kier alpha value is -1.85. The van der Waals surface area contributed by atoms with Crippen LogP contribution in [0.3, 0.4) is 0 Å². The van der Waals surface area contributed by atoms with E-state index in [2.05, 4.69) is 13.8 Å². The summed E-state index contributed by atoms with van der Waals surface area (Å²) in [5.41, 5.74) is -0.505. The van der Waals surface area contributed by atoms with Gasteiger partial charge in [-0.15, -0.1) is 0 Å². The normalized spacial score (nSPS) is 47.1. The molecule has 0 aromatic heterocycles. The number of rotatable bonds is 1. The monoisotopic (exact) mass is 361 g/mol. The first-order valence-electron chi connectivity index (χ1n) is 9.68. The molecule has 0 aromatic carbocycles. The molecular weight excluding hydrogens is 334 g/mol. The standard InChI is InChI=1S/C20H27NO5/c1-19-9-7-13-11(12(19)4-5-14(19)17(23)24)3-6-15-20(13,2)10-8-16(22)21(15)18(25)26/h8,10-15H,3-7,9H2,1-2H3,(H,23,24)(H,25,26)/t11-,12-,13+,14?,15?,19-,20+/m0/s1. The number of fused-ring (bicyclic) bond motifs is 5. The highest BCUT2D eigenvalue weighted by Crippen LogP contribution is 2.65. The Kier molecular flexibility index (Phi) is 3.76. The molecule has 0 aromatic rings. The third-order valence-electron chi connectivity index (χ3n) is 8.37. The molecule has 6 nitrogen and oxygen atoms in total. The number of nitrogens with zero attached hydrogens (tertiary/aromatic N) is 1. The second kappa shape index (κ2) is 5.57. The van der Waals surface area contributed by atoms with E-state index >= 15 is 0 Å². The Morgan fingerprint density at radius 1 is 1.08 bits per heavy atom. The van der Waals surface area contributed by atoms with Crippen LogP contribution in [0.4, 0.5) is 4.79 Å². The van der Waals surface area contributed by atoms with E-state index in [0.29, 0.717) is 24.2 Å². The van der Waals surface area contributed by atoms with Gasteiger partial charge in [-0.3, -0.25) is 9.59 Å². The molecule has 4 rings (SSSR count). The van der Waals surface area contributed by atoms with Crippen molar-refractivity contribution in [3.63, 3.8) is 0 Å². The summed E-state index contributed by atoms with van der Waals surface area (Å²) in [5, 5.41) is 19.2. The van der Waals surface area contributed by atoms with Gasteiger partial charge in [0.1, 0.15) is 0 Å². The number of hydrogen-bond donors (Lipinski definition) is 2. The van der Waals surface area contributed by atoms with E-state index in [4.69, 9.17) is 0 Å². The number of carbonyl (C=O) groups is 3. The van der Waals surface area contributed by atoms with E-state index < -0.39 is 18.0 Å². The van der Waals surface area contributed by atoms with Crippen molar-refractivity contribution in [3.05, 3.63) is 12.2 Å². The molecule has 3 saturated carbocycles. The summed E-state index contributed by atoms with van der Waals surface area (Å²) in [4.78, 5) is 36.6. The SMILES string of the molecule is C[C@]12C=CC(=O)N(C(=O)O)C1CC[C@@H]1[C@H]2CC[C@]2(C)C(C(=O)O)CC[C@@H]12. The lowest BCUT2D eigenvalue weighted by Gasteiger charge is -2.59. The topological polar surface area (TPSA) is 94.9 Å². The van der Waals surface area contributed by atoms with Gasteiger partial charge >= 0.3 is 12.1 Å². The van der Waals surface area contributed by atoms with Gasteiger partial charge in [0.15, 0.2) is 0 Å². The van der Waals surface area contributed by atoms with Crippen LogP contribution in [-0.4, -0.2) is 39.1 Å². The van der Waals surface area contributed by atoms with Crippen LogP contribution in [0, 0.1) is 34.5 Å². The van der Waals surface area contributed by atoms with Gasteiger partial charge in [0.25, 0.3) is 5.91 Å². The van der Waals surface area contributed by atoms with Gasteiger partial charge in [0.2, 0.25) is 0 Å². The van der Waals surface area contributed by atoms with E-state index in [1.807, 2.05) is 6.08 Å². The van der Waals surface area contributed by atoms with Gasteiger partial charge in [0, 0.05) is 11.5 Å². The zero-order valence-corrected chi connectivity index (χ0v) is 15.4. The lowest BCUT2D eigenvalue weighted by atomic mass is 9.47. The fourth-order valence-electron chi connectivity index (χ4n) is 7.13. The highest BCUT2D eigenvalue weighted by atomic mass is 16.4. The van der Waals surface area contributed by atoms with Crippen molar-refractivity contribution in [2.75, 3.05) is 0 Å². The van der Waals surface area contributed by atoms with Crippen LogP contribution in [0.25, 0.3) is 0 Å². The molecule has 3 fully saturated rings. The minimum Gasteiger partial charge on any atom is -0.481 e. The molecule has 0 saturated heterocycles. The molecule has 1 aliphatic heterocycles. The molecular formula is C20H27NO5. The lowest BCUT2D eigenvalue weighted by Crippen LogP contribution is -2.61. The van der Waals surface area contributed by atoms with Crippen molar-refractivity contribution >= 4 is 18.0 Å². The zero-order chi connectivity index (χ0) is 18.9. The summed E-state index contributed by atoms with van der Waals surface area (Å²) < 4.78 is 0. The lowest BCUT2D eigenvalue weighted by molar-refractivity contribution is -0.152. The number of hydrogen-bond acceptors (Lipinski definition) is 3. The van der Waals surface area contributed by atoms with Crippen molar-refractivity contribution < 1.29 is 24.6 Å². The zero-order valence-electron chi connectivity index (χ0n) is 15.4. The van der Waals surface area contributed by atoms with Gasteiger partial charge in [0.05, 0.1) is 12.0 Å². The van der Waals surface area contributed by atoms with Gasteiger partial charge in [-0.2, -0.15) is 0 Å². The highest BCUT2D eigenvalue weighted by molar-refractivity contribution is 5.99. The summed E-state index contributed by atoms with van der Waals surface area (Å²) in [5.74, 6) is -0.284. The Balaban J connectivity index is 1.69. The van der Waals surface area contributed by atoms with Crippen LogP contribution in [0.15, 0.2) is 12.2 Å². The molecule has 0 radical (unpaired) electrons. The second-order valence-corrected chi connectivity index (χ2v) is 9.17. The molecule has 3 aliphatic carbocycles. The van der Waals surface area contributed by atoms with E-state index in [9.17, 15) is 24.6 Å². The molecule has 4 aliphatic rings. The molecule has 6 heteroatoms. The summed E-state index contributed by atoms with van der Waals surface area (Å²) >= 11 is 0. The van der Waals surface area contributed by atoms with E-state index in [-0.39, 0.29) is 22.8 Å². The largest absolute Gasteiger partial charge is 0.481 e. The Labute approximate surface area is 153 Å². The molecule has 0 bridgehead atoms. The van der Waals surface area contributed by atoms with Crippen molar-refractivity contribution in [2.24, 2.45) is 34.5 Å². The Bertz CT molecular complexity index is 702. The molecule has 26 heavy (non-hydrogen) atoms. The average Bonchev–Trinajstić information content (AvgIpc) is 2.92. The van der Waals surface area contributed by atoms with Crippen molar-refractivity contribution in [2.45, 2.75) is 58.4 Å². The van der Waals surface area contributed by atoms with E-state index in [1.54, 1.807) is 0 Å². The van der Waals surface area contributed by atoms with Crippen LogP contribution in [0.5, 0.6) is 0 Å². The molecule has 7 atom stereocenters. The third kappa shape index (κ3) is 2.13. The first kappa shape index (κ1) is 17.6. The van der Waals surface area contributed by atoms with E-state index in [1.165, 1.54) is 6.08 Å². The number of carbonyl (C=O) groups excluding carboxylic acids is 1. The molecule has 2 unspecified atom stereocenters. The number of imide groups is 1. The van der Waals surface area contributed by atoms with Gasteiger partial charge in [-0.05, 0) is 61.7 Å². The number of carboxylic acid groups (broad SMARTS) is 2. The van der Waals surface area contributed by atoms with Gasteiger partial charge in [-0.25, -0.2) is 9.69 Å². The maximum absolute atomic E-state index is 12.1. The van der Waals surface area contributed by atoms with E-state index in [0.717, 1.165) is 37.0 Å². The van der Waals surface area contributed by atoms with Crippen molar-refractivity contribution in [3.8, 4) is 0 Å². The van der Waals surface area contributed by atoms with Gasteiger partial charge < -0.3 is 10.2 Å². The highest BCUT2D eigenvalue weighted by Gasteiger charge is 2.62. The molecule has 142 valence electrons. The smallest absolute Gasteiger partial charge is 0.414 e. The number of amides is 2. The Morgan fingerprint density at radius 3 is 2.46 bits per heavy atom. The van der Waals surface area contributed by atoms with Crippen LogP contribution >= 0.6 is 0 Å². The summed E-state index contributed by atoms with van der Waals surface area (Å²) in [7, 11) is 0.